The van der Waals surface area contributed by atoms with Crippen LogP contribution in [0.2, 0.25) is 0 Å². The highest BCUT2D eigenvalue weighted by Crippen LogP contribution is 2.26. The number of hydrogen-bond donors (Lipinski definition) is 0. The van der Waals surface area contributed by atoms with Crippen molar-refractivity contribution in [2.75, 3.05) is 5.88 Å². The standard InChI is InChI=1S/C12H11ClN2O3/c1-8-6-9(2-3-10(8)15(16)17)11-7-14-12(18-11)4-5-13/h2-3,6-7H,4-5H2,1H3. The van der Waals surface area contributed by atoms with Crippen LogP contribution in [0.3, 0.4) is 0 Å². The van der Waals surface area contributed by atoms with E-state index in [2.05, 4.69) is 4.98 Å². The molecule has 0 saturated heterocycles. The fraction of sp³-hybridized carbons (Fsp3) is 0.250. The third-order valence-electron chi connectivity index (χ3n) is 2.54. The first-order valence-electron chi connectivity index (χ1n) is 5.38. The summed E-state index contributed by atoms with van der Waals surface area (Å²) in [6.07, 6.45) is 2.16. The zero-order valence-electron chi connectivity index (χ0n) is 9.72. The molecular formula is C12H11ClN2O3. The number of nitro groups is 1. The van der Waals surface area contributed by atoms with Crippen LogP contribution in [-0.2, 0) is 6.42 Å². The number of aromatic nitrogens is 1. The Bertz CT molecular complexity index is 580. The number of halogens is 1. The first-order valence-corrected chi connectivity index (χ1v) is 5.91. The largest absolute Gasteiger partial charge is 0.441 e. The molecule has 1 aromatic heterocycles. The lowest BCUT2D eigenvalue weighted by Gasteiger charge is -2.00. The van der Waals surface area contributed by atoms with Crippen LogP contribution in [0, 0.1) is 17.0 Å². The summed E-state index contributed by atoms with van der Waals surface area (Å²) >= 11 is 5.60. The van der Waals surface area contributed by atoms with E-state index in [4.69, 9.17) is 16.0 Å². The van der Waals surface area contributed by atoms with Crippen molar-refractivity contribution in [2.24, 2.45) is 0 Å². The van der Waals surface area contributed by atoms with Crippen LogP contribution in [0.15, 0.2) is 28.8 Å². The van der Waals surface area contributed by atoms with Crippen molar-refractivity contribution < 1.29 is 9.34 Å². The molecule has 5 nitrogen and oxygen atoms in total. The van der Waals surface area contributed by atoms with Gasteiger partial charge in [0.05, 0.1) is 11.1 Å². The van der Waals surface area contributed by atoms with E-state index in [9.17, 15) is 10.1 Å². The van der Waals surface area contributed by atoms with Gasteiger partial charge < -0.3 is 4.42 Å². The summed E-state index contributed by atoms with van der Waals surface area (Å²) < 4.78 is 5.50. The van der Waals surface area contributed by atoms with Crippen molar-refractivity contribution in [3.05, 3.63) is 46.0 Å². The maximum absolute atomic E-state index is 10.7. The Morgan fingerprint density at radius 1 is 1.50 bits per heavy atom. The Kier molecular flexibility index (Phi) is 3.62. The van der Waals surface area contributed by atoms with Gasteiger partial charge in [0.1, 0.15) is 0 Å². The van der Waals surface area contributed by atoms with Crippen LogP contribution >= 0.6 is 11.6 Å². The molecule has 0 aliphatic carbocycles. The summed E-state index contributed by atoms with van der Waals surface area (Å²) in [5.74, 6) is 1.60. The van der Waals surface area contributed by atoms with Gasteiger partial charge in [0.15, 0.2) is 11.7 Å². The average Bonchev–Trinajstić information content (AvgIpc) is 2.77. The van der Waals surface area contributed by atoms with Crippen molar-refractivity contribution >= 4 is 17.3 Å². The number of aryl methyl sites for hydroxylation is 2. The summed E-state index contributed by atoms with van der Waals surface area (Å²) in [6, 6.07) is 4.83. The van der Waals surface area contributed by atoms with Crippen LogP contribution in [0.25, 0.3) is 11.3 Å². The van der Waals surface area contributed by atoms with Gasteiger partial charge in [-0.1, -0.05) is 0 Å². The SMILES string of the molecule is Cc1cc(-c2cnc(CCCl)o2)ccc1[N+](=O)[O-]. The molecule has 18 heavy (non-hydrogen) atoms. The minimum absolute atomic E-state index is 0.0965. The van der Waals surface area contributed by atoms with Gasteiger partial charge in [0, 0.05) is 29.5 Å². The van der Waals surface area contributed by atoms with Gasteiger partial charge in [-0.25, -0.2) is 4.98 Å². The normalized spacial score (nSPS) is 10.6. The smallest absolute Gasteiger partial charge is 0.272 e. The summed E-state index contributed by atoms with van der Waals surface area (Å²) in [4.78, 5) is 14.4. The van der Waals surface area contributed by atoms with E-state index >= 15 is 0 Å². The second-order valence-electron chi connectivity index (χ2n) is 3.82. The molecular weight excluding hydrogens is 256 g/mol. The highest BCUT2D eigenvalue weighted by molar-refractivity contribution is 6.17. The molecule has 0 saturated carbocycles. The van der Waals surface area contributed by atoms with E-state index in [1.54, 1.807) is 25.3 Å². The number of nitrogens with zero attached hydrogens (tertiary/aromatic N) is 2. The van der Waals surface area contributed by atoms with Gasteiger partial charge in [0.25, 0.3) is 5.69 Å². The Morgan fingerprint density at radius 3 is 2.89 bits per heavy atom. The first kappa shape index (κ1) is 12.6. The van der Waals surface area contributed by atoms with Gasteiger partial charge >= 0.3 is 0 Å². The van der Waals surface area contributed by atoms with Gasteiger partial charge in [-0.3, -0.25) is 10.1 Å². The van der Waals surface area contributed by atoms with E-state index in [1.165, 1.54) is 6.07 Å². The molecule has 0 fully saturated rings. The van der Waals surface area contributed by atoms with Crippen molar-refractivity contribution in [3.63, 3.8) is 0 Å². The highest BCUT2D eigenvalue weighted by Gasteiger charge is 2.13. The lowest BCUT2D eigenvalue weighted by molar-refractivity contribution is -0.385. The lowest BCUT2D eigenvalue weighted by Crippen LogP contribution is -1.91. The van der Waals surface area contributed by atoms with Crippen LogP contribution in [0.5, 0.6) is 0 Å². The molecule has 0 spiro atoms. The Hall–Kier alpha value is -1.88. The summed E-state index contributed by atoms with van der Waals surface area (Å²) in [6.45, 7) is 1.69. The van der Waals surface area contributed by atoms with E-state index in [0.717, 1.165) is 5.56 Å². The lowest BCUT2D eigenvalue weighted by atomic mass is 10.1. The monoisotopic (exact) mass is 266 g/mol. The highest BCUT2D eigenvalue weighted by atomic mass is 35.5. The minimum atomic E-state index is -0.404. The van der Waals surface area contributed by atoms with Crippen LogP contribution in [0.4, 0.5) is 5.69 Å². The van der Waals surface area contributed by atoms with Crippen molar-refractivity contribution in [1.82, 2.24) is 4.98 Å². The molecule has 0 atom stereocenters. The molecule has 2 aromatic rings. The second-order valence-corrected chi connectivity index (χ2v) is 4.19. The predicted molar refractivity (Wildman–Crippen MR) is 67.8 cm³/mol. The molecule has 6 heteroatoms. The van der Waals surface area contributed by atoms with Crippen LogP contribution in [0.1, 0.15) is 11.5 Å². The maximum atomic E-state index is 10.7. The van der Waals surface area contributed by atoms with Crippen molar-refractivity contribution in [2.45, 2.75) is 13.3 Å². The molecule has 0 aliphatic heterocycles. The minimum Gasteiger partial charge on any atom is -0.441 e. The number of nitro benzene ring substituents is 1. The molecule has 0 radical (unpaired) electrons. The third kappa shape index (κ3) is 2.51. The summed E-state index contributed by atoms with van der Waals surface area (Å²) in [7, 11) is 0. The quantitative estimate of drug-likeness (QED) is 0.483. The topological polar surface area (TPSA) is 69.2 Å². The fourth-order valence-corrected chi connectivity index (χ4v) is 1.82. The summed E-state index contributed by atoms with van der Waals surface area (Å²) in [5, 5.41) is 10.7. The Balaban J connectivity index is 2.33. The van der Waals surface area contributed by atoms with Crippen LogP contribution < -0.4 is 0 Å². The molecule has 94 valence electrons. The maximum Gasteiger partial charge on any atom is 0.272 e. The number of oxazole rings is 1. The van der Waals surface area contributed by atoms with E-state index in [0.29, 0.717) is 29.5 Å². The fourth-order valence-electron chi connectivity index (χ4n) is 1.65. The van der Waals surface area contributed by atoms with E-state index < -0.39 is 4.92 Å². The molecule has 1 aromatic carbocycles. The third-order valence-corrected chi connectivity index (χ3v) is 2.73. The van der Waals surface area contributed by atoms with Gasteiger partial charge in [-0.15, -0.1) is 11.6 Å². The second kappa shape index (κ2) is 5.18. The van der Waals surface area contributed by atoms with Crippen LogP contribution in [-0.4, -0.2) is 15.8 Å². The van der Waals surface area contributed by atoms with Gasteiger partial charge in [-0.2, -0.15) is 0 Å². The molecule has 2 rings (SSSR count). The number of alkyl halides is 1. The van der Waals surface area contributed by atoms with E-state index in [-0.39, 0.29) is 5.69 Å². The number of hydrogen-bond acceptors (Lipinski definition) is 4. The molecule has 0 unspecified atom stereocenters. The van der Waals surface area contributed by atoms with Gasteiger partial charge in [-0.05, 0) is 19.1 Å². The number of rotatable bonds is 4. The average molecular weight is 267 g/mol. The first-order chi connectivity index (χ1) is 8.61. The Labute approximate surface area is 109 Å². The molecule has 1 heterocycles. The molecule has 0 amide bonds. The molecule has 0 aliphatic rings. The zero-order valence-corrected chi connectivity index (χ0v) is 10.5. The molecule has 0 N–H and O–H groups in total. The van der Waals surface area contributed by atoms with Crippen molar-refractivity contribution in [1.29, 1.82) is 0 Å². The summed E-state index contributed by atoms with van der Waals surface area (Å²) in [5.41, 5.74) is 1.46. The predicted octanol–water partition coefficient (Wildman–Crippen LogP) is 3.34. The molecule has 0 bridgehead atoms. The van der Waals surface area contributed by atoms with Crippen molar-refractivity contribution in [3.8, 4) is 11.3 Å². The Morgan fingerprint density at radius 2 is 2.28 bits per heavy atom. The zero-order chi connectivity index (χ0) is 13.1. The van der Waals surface area contributed by atoms with E-state index in [1.807, 2.05) is 0 Å². The number of benzene rings is 1. The van der Waals surface area contributed by atoms with Gasteiger partial charge in [0.2, 0.25) is 0 Å².